The monoisotopic (exact) mass is 464 g/mol. The Bertz CT molecular complexity index is 1420. The number of ether oxygens (including phenoxy) is 1. The summed E-state index contributed by atoms with van der Waals surface area (Å²) >= 11 is 1.53. The van der Waals surface area contributed by atoms with Gasteiger partial charge in [0.05, 0.1) is 5.69 Å². The van der Waals surface area contributed by atoms with Gasteiger partial charge in [0.25, 0.3) is 5.56 Å². The number of aryl methyl sites for hydroxylation is 2. The standard InChI is InChI=1S/C24H24N4O4S/c1-14(29)26-19(10-15-12-25-18-7-3-2-6-17(15)18)23(31)32-13-16-11-22(30)28-20-8-4-5-9-21(20)33-24(28)27-16/h2-3,6-7,11-12,19,25H,4-5,8-10,13H2,1H3,(H,26,29)/t19-/m0/s1. The van der Waals surface area contributed by atoms with Gasteiger partial charge >= 0.3 is 5.97 Å². The molecule has 2 N–H and O–H groups in total. The van der Waals surface area contributed by atoms with Crippen LogP contribution >= 0.6 is 11.3 Å². The van der Waals surface area contributed by atoms with Crippen LogP contribution in [0.3, 0.4) is 0 Å². The van der Waals surface area contributed by atoms with Gasteiger partial charge in [0.1, 0.15) is 12.6 Å². The Morgan fingerprint density at radius 3 is 2.94 bits per heavy atom. The number of aromatic amines is 1. The Kier molecular flexibility index (Phi) is 5.72. The molecule has 1 atom stereocenters. The van der Waals surface area contributed by atoms with Crippen LogP contribution < -0.4 is 10.9 Å². The van der Waals surface area contributed by atoms with Crippen LogP contribution in [0.25, 0.3) is 15.9 Å². The molecule has 8 nitrogen and oxygen atoms in total. The molecule has 0 bridgehead atoms. The van der Waals surface area contributed by atoms with E-state index in [1.807, 2.05) is 30.5 Å². The number of nitrogens with zero attached hydrogens (tertiary/aromatic N) is 2. The van der Waals surface area contributed by atoms with Crippen LogP contribution in [0.15, 0.2) is 41.3 Å². The molecule has 0 unspecified atom stereocenters. The second-order valence-corrected chi connectivity index (χ2v) is 9.37. The lowest BCUT2D eigenvalue weighted by molar-refractivity contribution is -0.149. The van der Waals surface area contributed by atoms with E-state index >= 15 is 0 Å². The Hall–Kier alpha value is -3.46. The first-order valence-corrected chi connectivity index (χ1v) is 11.8. The van der Waals surface area contributed by atoms with E-state index in [0.29, 0.717) is 10.7 Å². The summed E-state index contributed by atoms with van der Waals surface area (Å²) in [6.45, 7) is 1.24. The number of benzene rings is 1. The number of carbonyl (C=O) groups excluding carboxylic acids is 2. The quantitative estimate of drug-likeness (QED) is 0.427. The smallest absolute Gasteiger partial charge is 0.329 e. The zero-order chi connectivity index (χ0) is 22.9. The molecule has 5 rings (SSSR count). The van der Waals surface area contributed by atoms with E-state index in [0.717, 1.165) is 47.8 Å². The lowest BCUT2D eigenvalue weighted by Gasteiger charge is -2.16. The van der Waals surface area contributed by atoms with Gasteiger partial charge in [-0.25, -0.2) is 9.78 Å². The molecule has 0 spiro atoms. The maximum atomic E-state index is 12.9. The van der Waals surface area contributed by atoms with Crippen LogP contribution in [0.5, 0.6) is 0 Å². The summed E-state index contributed by atoms with van der Waals surface area (Å²) in [4.78, 5) is 46.9. The molecule has 1 amide bonds. The zero-order valence-electron chi connectivity index (χ0n) is 18.2. The van der Waals surface area contributed by atoms with E-state index in [9.17, 15) is 14.4 Å². The molecular weight excluding hydrogens is 440 g/mol. The fraction of sp³-hybridized carbons (Fsp3) is 0.333. The molecule has 4 aromatic rings. The Morgan fingerprint density at radius 2 is 2.09 bits per heavy atom. The third kappa shape index (κ3) is 4.28. The minimum Gasteiger partial charge on any atom is -0.458 e. The molecule has 0 fully saturated rings. The summed E-state index contributed by atoms with van der Waals surface area (Å²) in [5, 5.41) is 3.67. The van der Waals surface area contributed by atoms with Gasteiger partial charge in [-0.2, -0.15) is 0 Å². The summed E-state index contributed by atoms with van der Waals surface area (Å²) in [6, 6.07) is 8.35. The van der Waals surface area contributed by atoms with E-state index in [4.69, 9.17) is 4.74 Å². The first-order chi connectivity index (χ1) is 16.0. The SMILES string of the molecule is CC(=O)N[C@@H](Cc1c[nH]c2ccccc12)C(=O)OCc1cc(=O)n2c3c(sc2n1)CCCC3. The third-order valence-electron chi connectivity index (χ3n) is 5.94. The highest BCUT2D eigenvalue weighted by Gasteiger charge is 2.24. The van der Waals surface area contributed by atoms with Gasteiger partial charge in [0, 0.05) is 47.1 Å². The zero-order valence-corrected chi connectivity index (χ0v) is 19.0. The highest BCUT2D eigenvalue weighted by atomic mass is 32.1. The van der Waals surface area contributed by atoms with Gasteiger partial charge in [-0.15, -0.1) is 11.3 Å². The van der Waals surface area contributed by atoms with Gasteiger partial charge in [-0.3, -0.25) is 14.0 Å². The van der Waals surface area contributed by atoms with Gasteiger partial charge in [-0.1, -0.05) is 18.2 Å². The second kappa shape index (κ2) is 8.82. The minimum atomic E-state index is -0.847. The number of thiazole rings is 1. The van der Waals surface area contributed by atoms with E-state index in [1.54, 1.807) is 4.40 Å². The topological polar surface area (TPSA) is 106 Å². The molecule has 0 saturated carbocycles. The Morgan fingerprint density at radius 1 is 1.27 bits per heavy atom. The highest BCUT2D eigenvalue weighted by molar-refractivity contribution is 7.17. The van der Waals surface area contributed by atoms with E-state index in [1.165, 1.54) is 29.2 Å². The summed E-state index contributed by atoms with van der Waals surface area (Å²) in [7, 11) is 0. The van der Waals surface area contributed by atoms with Gasteiger partial charge in [0.15, 0.2) is 4.96 Å². The molecule has 1 aliphatic carbocycles. The molecular formula is C24H24N4O4S. The predicted molar refractivity (Wildman–Crippen MR) is 125 cm³/mol. The number of carbonyl (C=O) groups is 2. The Labute approximate surface area is 193 Å². The van der Waals surface area contributed by atoms with Gasteiger partial charge in [0.2, 0.25) is 5.91 Å². The van der Waals surface area contributed by atoms with Crippen molar-refractivity contribution in [1.82, 2.24) is 19.7 Å². The summed E-state index contributed by atoms with van der Waals surface area (Å²) in [5.41, 5.74) is 3.18. The number of H-pyrrole nitrogens is 1. The second-order valence-electron chi connectivity index (χ2n) is 8.31. The average Bonchev–Trinajstić information content (AvgIpc) is 3.38. The molecule has 1 aromatic carbocycles. The maximum Gasteiger partial charge on any atom is 0.329 e. The van der Waals surface area contributed by atoms with Crippen molar-refractivity contribution in [2.45, 2.75) is 51.7 Å². The molecule has 3 aromatic heterocycles. The predicted octanol–water partition coefficient (Wildman–Crippen LogP) is 2.91. The number of amides is 1. The third-order valence-corrected chi connectivity index (χ3v) is 7.08. The number of hydrogen-bond donors (Lipinski definition) is 2. The van der Waals surface area contributed by atoms with Crippen molar-refractivity contribution in [1.29, 1.82) is 0 Å². The van der Waals surface area contributed by atoms with Gasteiger partial charge in [-0.05, 0) is 37.3 Å². The van der Waals surface area contributed by atoms with Crippen molar-refractivity contribution in [3.63, 3.8) is 0 Å². The van der Waals surface area contributed by atoms with Crippen LogP contribution in [0.2, 0.25) is 0 Å². The number of hydrogen-bond acceptors (Lipinski definition) is 6. The summed E-state index contributed by atoms with van der Waals surface area (Å²) in [6.07, 6.45) is 6.18. The van der Waals surface area contributed by atoms with Crippen molar-refractivity contribution in [2.24, 2.45) is 0 Å². The van der Waals surface area contributed by atoms with E-state index < -0.39 is 12.0 Å². The van der Waals surface area contributed by atoms with Crippen LogP contribution in [0, 0.1) is 0 Å². The molecule has 1 aliphatic rings. The molecule has 3 heterocycles. The molecule has 170 valence electrons. The first-order valence-electron chi connectivity index (χ1n) is 11.0. The first kappa shape index (κ1) is 21.4. The lowest BCUT2D eigenvalue weighted by Crippen LogP contribution is -2.42. The number of para-hydroxylation sites is 1. The molecule has 33 heavy (non-hydrogen) atoms. The van der Waals surface area contributed by atoms with Crippen LogP contribution in [-0.4, -0.2) is 32.3 Å². The van der Waals surface area contributed by atoms with E-state index in [-0.39, 0.29) is 24.5 Å². The van der Waals surface area contributed by atoms with Gasteiger partial charge < -0.3 is 15.0 Å². The average molecular weight is 465 g/mol. The number of aromatic nitrogens is 3. The van der Waals surface area contributed by atoms with Crippen LogP contribution in [-0.2, 0) is 40.2 Å². The fourth-order valence-corrected chi connectivity index (χ4v) is 5.65. The maximum absolute atomic E-state index is 12.9. The molecule has 0 radical (unpaired) electrons. The normalized spacial score (nSPS) is 14.2. The minimum absolute atomic E-state index is 0.128. The Balaban J connectivity index is 1.34. The van der Waals surface area contributed by atoms with Crippen LogP contribution in [0.1, 0.15) is 41.6 Å². The van der Waals surface area contributed by atoms with Crippen molar-refractivity contribution in [3.05, 3.63) is 68.7 Å². The molecule has 0 aliphatic heterocycles. The summed E-state index contributed by atoms with van der Waals surface area (Å²) < 4.78 is 7.17. The van der Waals surface area contributed by atoms with Crippen molar-refractivity contribution >= 4 is 39.1 Å². The van der Waals surface area contributed by atoms with Crippen LogP contribution in [0.4, 0.5) is 0 Å². The van der Waals surface area contributed by atoms with E-state index in [2.05, 4.69) is 15.3 Å². The number of fused-ring (bicyclic) bond motifs is 4. The summed E-state index contributed by atoms with van der Waals surface area (Å²) in [5.74, 6) is -0.887. The highest BCUT2D eigenvalue weighted by Crippen LogP contribution is 2.28. The number of nitrogens with one attached hydrogen (secondary N) is 2. The van der Waals surface area contributed by atoms with Crippen molar-refractivity contribution in [3.8, 4) is 0 Å². The lowest BCUT2D eigenvalue weighted by atomic mass is 10.0. The van der Waals surface area contributed by atoms with Crippen molar-refractivity contribution < 1.29 is 14.3 Å². The number of esters is 1. The largest absolute Gasteiger partial charge is 0.458 e. The molecule has 9 heteroatoms. The van der Waals surface area contributed by atoms with Crippen molar-refractivity contribution in [2.75, 3.05) is 0 Å². The fourth-order valence-electron chi connectivity index (χ4n) is 4.42. The molecule has 0 saturated heterocycles. The number of rotatable bonds is 6.